The molecule has 0 amide bonds. The van der Waals surface area contributed by atoms with Crippen molar-refractivity contribution in [2.24, 2.45) is 0 Å². The van der Waals surface area contributed by atoms with Gasteiger partial charge < -0.3 is 10.1 Å². The van der Waals surface area contributed by atoms with Gasteiger partial charge in [0.15, 0.2) is 0 Å². The molecule has 0 bridgehead atoms. The van der Waals surface area contributed by atoms with E-state index in [0.717, 1.165) is 26.9 Å². The average molecular weight is 556 g/mol. The minimum atomic E-state index is -0.572. The second kappa shape index (κ2) is 8.45. The van der Waals surface area contributed by atoms with Gasteiger partial charge in [-0.1, -0.05) is 69.6 Å². The molecule has 0 saturated heterocycles. The van der Waals surface area contributed by atoms with Crippen molar-refractivity contribution in [3.63, 3.8) is 0 Å². The van der Waals surface area contributed by atoms with E-state index >= 15 is 4.39 Å². The molecule has 1 N–H and O–H groups in total. The van der Waals surface area contributed by atoms with Gasteiger partial charge in [-0.3, -0.25) is 0 Å². The average Bonchev–Trinajstić information content (AvgIpc) is 3.26. The van der Waals surface area contributed by atoms with E-state index in [9.17, 15) is 0 Å². The van der Waals surface area contributed by atoms with Crippen molar-refractivity contribution in [3.05, 3.63) is 104 Å². The molecule has 0 fully saturated rings. The first-order valence-electron chi connectivity index (χ1n) is 10.5. The second-order valence-corrected chi connectivity index (χ2v) is 10.1. The summed E-state index contributed by atoms with van der Waals surface area (Å²) in [4.78, 5) is 4.64. The summed E-state index contributed by atoms with van der Waals surface area (Å²) in [6.45, 7) is 0. The van der Waals surface area contributed by atoms with Crippen molar-refractivity contribution in [1.29, 1.82) is 0 Å². The van der Waals surface area contributed by atoms with Crippen LogP contribution in [-0.4, -0.2) is 21.0 Å². The minimum Gasteiger partial charge on any atom is -0.480 e. The van der Waals surface area contributed by atoms with Crippen LogP contribution in [0.2, 0.25) is 5.02 Å². The van der Waals surface area contributed by atoms with Crippen LogP contribution in [0.3, 0.4) is 0 Å². The zero-order valence-electron chi connectivity index (χ0n) is 17.8. The number of fused-ring (bicyclic) bond motifs is 3. The van der Waals surface area contributed by atoms with Gasteiger partial charge in [-0.15, -0.1) is 5.10 Å². The van der Waals surface area contributed by atoms with E-state index in [1.807, 2.05) is 48.7 Å². The quantitative estimate of drug-likeness (QED) is 0.273. The third-order valence-electron chi connectivity index (χ3n) is 5.95. The van der Waals surface area contributed by atoms with Crippen molar-refractivity contribution in [1.82, 2.24) is 14.8 Å². The molecule has 34 heavy (non-hydrogen) atoms. The van der Waals surface area contributed by atoms with Crippen LogP contribution >= 0.6 is 39.3 Å². The first kappa shape index (κ1) is 21.7. The van der Waals surface area contributed by atoms with Gasteiger partial charge in [0, 0.05) is 26.2 Å². The number of anilines is 1. The summed E-state index contributed by atoms with van der Waals surface area (Å²) in [5, 5.41) is 9.32. The fraction of sp³-hybridized carbons (Fsp3) is 0.120. The highest BCUT2D eigenvalue weighted by Gasteiger charge is 2.42. The molecule has 4 aromatic rings. The number of hydrogen-bond donors (Lipinski definition) is 1. The van der Waals surface area contributed by atoms with Crippen LogP contribution < -0.4 is 10.1 Å². The number of aromatic nitrogens is 3. The zero-order valence-corrected chi connectivity index (χ0v) is 21.0. The van der Waals surface area contributed by atoms with E-state index in [0.29, 0.717) is 27.4 Å². The smallest absolute Gasteiger partial charge is 0.227 e. The van der Waals surface area contributed by atoms with Gasteiger partial charge in [0.2, 0.25) is 11.1 Å². The van der Waals surface area contributed by atoms with E-state index in [2.05, 4.69) is 26.2 Å². The van der Waals surface area contributed by atoms with Crippen LogP contribution in [0.4, 0.5) is 10.3 Å². The van der Waals surface area contributed by atoms with Crippen LogP contribution in [0.1, 0.15) is 28.8 Å². The Labute approximate surface area is 213 Å². The SMILES string of the molecule is CSc1nc2n(n1)[C@@H](c1ccccc1F)C1=C(N2)c2cc(Cl)ccc2O[C@H]1c1cccc(Br)c1. The molecule has 0 unspecified atom stereocenters. The molecule has 2 atom stereocenters. The number of halogens is 3. The maximum Gasteiger partial charge on any atom is 0.227 e. The van der Waals surface area contributed by atoms with E-state index in [1.165, 1.54) is 17.8 Å². The summed E-state index contributed by atoms with van der Waals surface area (Å²) in [5.41, 5.74) is 3.86. The molecule has 170 valence electrons. The van der Waals surface area contributed by atoms with Crippen molar-refractivity contribution < 1.29 is 9.13 Å². The monoisotopic (exact) mass is 554 g/mol. The first-order chi connectivity index (χ1) is 16.5. The Hall–Kier alpha value is -2.81. The number of nitrogens with one attached hydrogen (secondary N) is 1. The Morgan fingerprint density at radius 2 is 1.97 bits per heavy atom. The normalized spacial score (nSPS) is 18.5. The summed E-state index contributed by atoms with van der Waals surface area (Å²) < 4.78 is 24.5. The Morgan fingerprint density at radius 1 is 1.12 bits per heavy atom. The molecule has 0 radical (unpaired) electrons. The molecular formula is C25H17BrClFN4OS. The molecule has 5 nitrogen and oxygen atoms in total. The Kier molecular flexibility index (Phi) is 5.39. The molecule has 6 rings (SSSR count). The maximum atomic E-state index is 15.3. The number of thioether (sulfide) groups is 1. The molecule has 0 spiro atoms. The maximum absolute atomic E-state index is 15.3. The van der Waals surface area contributed by atoms with Crippen LogP contribution in [-0.2, 0) is 0 Å². The van der Waals surface area contributed by atoms with Crippen molar-refractivity contribution in [2.45, 2.75) is 17.3 Å². The fourth-order valence-corrected chi connectivity index (χ4v) is 5.45. The van der Waals surface area contributed by atoms with Crippen molar-refractivity contribution in [2.75, 3.05) is 11.6 Å². The highest BCUT2D eigenvalue weighted by atomic mass is 79.9. The lowest BCUT2D eigenvalue weighted by atomic mass is 9.84. The minimum absolute atomic E-state index is 0.321. The van der Waals surface area contributed by atoms with Gasteiger partial charge in [-0.05, 0) is 48.2 Å². The number of nitrogens with zero attached hydrogens (tertiary/aromatic N) is 3. The topological polar surface area (TPSA) is 52.0 Å². The van der Waals surface area contributed by atoms with Crippen molar-refractivity contribution in [3.8, 4) is 5.75 Å². The van der Waals surface area contributed by atoms with E-state index in [-0.39, 0.29) is 5.82 Å². The summed E-state index contributed by atoms with van der Waals surface area (Å²) in [6.07, 6.45) is 1.42. The highest BCUT2D eigenvalue weighted by molar-refractivity contribution is 9.10. The zero-order chi connectivity index (χ0) is 23.4. The Balaban J connectivity index is 1.67. The molecule has 0 aliphatic carbocycles. The predicted octanol–water partition coefficient (Wildman–Crippen LogP) is 7.11. The van der Waals surface area contributed by atoms with Gasteiger partial charge in [0.1, 0.15) is 23.7 Å². The van der Waals surface area contributed by atoms with Crippen LogP contribution in [0, 0.1) is 5.82 Å². The van der Waals surface area contributed by atoms with Crippen LogP contribution in [0.15, 0.2) is 81.9 Å². The van der Waals surface area contributed by atoms with Crippen LogP contribution in [0.25, 0.3) is 5.70 Å². The summed E-state index contributed by atoms with van der Waals surface area (Å²) in [5.74, 6) is 0.904. The van der Waals surface area contributed by atoms with Crippen molar-refractivity contribution >= 4 is 50.9 Å². The Bertz CT molecular complexity index is 1470. The number of hydrogen-bond acceptors (Lipinski definition) is 5. The van der Waals surface area contributed by atoms with Gasteiger partial charge in [0.05, 0.1) is 5.70 Å². The van der Waals surface area contributed by atoms with Gasteiger partial charge >= 0.3 is 0 Å². The molecule has 3 heterocycles. The molecular weight excluding hydrogens is 539 g/mol. The van der Waals surface area contributed by atoms with E-state index < -0.39 is 12.1 Å². The Morgan fingerprint density at radius 3 is 2.76 bits per heavy atom. The summed E-state index contributed by atoms with van der Waals surface area (Å²) in [6, 6.07) is 19.6. The van der Waals surface area contributed by atoms with Crippen LogP contribution in [0.5, 0.6) is 5.75 Å². The van der Waals surface area contributed by atoms with Gasteiger partial charge in [-0.2, -0.15) is 4.98 Å². The predicted molar refractivity (Wildman–Crippen MR) is 136 cm³/mol. The third-order valence-corrected chi connectivity index (χ3v) is 7.21. The molecule has 0 saturated carbocycles. The highest BCUT2D eigenvalue weighted by Crippen LogP contribution is 2.51. The standard InChI is InChI=1S/C25H17BrClFN4OS/c1-34-25-30-24-29-21-17-12-15(27)9-10-19(17)33-23(13-5-4-6-14(26)11-13)20(21)22(32(24)31-25)16-7-2-3-8-18(16)28/h2-12,22-23H,1H3,(H,29,30,31)/t22-,23-/m0/s1. The lowest BCUT2D eigenvalue weighted by Gasteiger charge is -2.39. The first-order valence-corrected chi connectivity index (χ1v) is 12.9. The number of ether oxygens (including phenoxy) is 1. The number of benzene rings is 3. The summed E-state index contributed by atoms with van der Waals surface area (Å²) in [7, 11) is 0. The largest absolute Gasteiger partial charge is 0.480 e. The summed E-state index contributed by atoms with van der Waals surface area (Å²) >= 11 is 11.4. The lowest BCUT2D eigenvalue weighted by molar-refractivity contribution is 0.222. The molecule has 9 heteroatoms. The van der Waals surface area contributed by atoms with Gasteiger partial charge in [-0.25, -0.2) is 9.07 Å². The lowest BCUT2D eigenvalue weighted by Crippen LogP contribution is -2.32. The number of rotatable bonds is 3. The second-order valence-electron chi connectivity index (χ2n) is 7.94. The van der Waals surface area contributed by atoms with Gasteiger partial charge in [0.25, 0.3) is 0 Å². The fourth-order valence-electron chi connectivity index (χ4n) is 4.51. The molecule has 3 aromatic carbocycles. The molecule has 1 aromatic heterocycles. The molecule has 2 aliphatic rings. The van der Waals surface area contributed by atoms with E-state index in [4.69, 9.17) is 21.4 Å². The molecule has 2 aliphatic heterocycles. The van der Waals surface area contributed by atoms with E-state index in [1.54, 1.807) is 22.9 Å². The third kappa shape index (κ3) is 3.52.